The SMILES string of the molecule is NC(=O)c1cccc(C=Cc2ccc(C(F)(F)F)cc2)n1. The molecule has 1 aromatic carbocycles. The zero-order valence-electron chi connectivity index (χ0n) is 10.8. The monoisotopic (exact) mass is 292 g/mol. The van der Waals surface area contributed by atoms with Gasteiger partial charge in [0.2, 0.25) is 0 Å². The smallest absolute Gasteiger partial charge is 0.364 e. The van der Waals surface area contributed by atoms with Crippen LogP contribution in [0.1, 0.15) is 27.3 Å². The van der Waals surface area contributed by atoms with Crippen molar-refractivity contribution in [1.29, 1.82) is 0 Å². The molecule has 0 bridgehead atoms. The van der Waals surface area contributed by atoms with Gasteiger partial charge in [0.15, 0.2) is 0 Å². The summed E-state index contributed by atoms with van der Waals surface area (Å²) >= 11 is 0. The quantitative estimate of drug-likeness (QED) is 0.943. The summed E-state index contributed by atoms with van der Waals surface area (Å²) in [7, 11) is 0. The van der Waals surface area contributed by atoms with Gasteiger partial charge in [-0.2, -0.15) is 13.2 Å². The Morgan fingerprint density at radius 3 is 2.29 bits per heavy atom. The Hall–Kier alpha value is -2.63. The number of primary amides is 1. The van der Waals surface area contributed by atoms with Crippen LogP contribution in [-0.2, 0) is 6.18 Å². The summed E-state index contributed by atoms with van der Waals surface area (Å²) in [5, 5.41) is 0. The maximum Gasteiger partial charge on any atom is 0.416 e. The molecule has 0 spiro atoms. The van der Waals surface area contributed by atoms with Gasteiger partial charge in [-0.1, -0.05) is 24.3 Å². The van der Waals surface area contributed by atoms with Crippen molar-refractivity contribution in [2.24, 2.45) is 5.73 Å². The lowest BCUT2D eigenvalue weighted by molar-refractivity contribution is -0.137. The number of alkyl halides is 3. The van der Waals surface area contributed by atoms with Crippen molar-refractivity contribution in [2.75, 3.05) is 0 Å². The van der Waals surface area contributed by atoms with E-state index in [1.54, 1.807) is 24.3 Å². The minimum Gasteiger partial charge on any atom is -0.364 e. The molecule has 21 heavy (non-hydrogen) atoms. The molecule has 2 N–H and O–H groups in total. The van der Waals surface area contributed by atoms with Crippen molar-refractivity contribution < 1.29 is 18.0 Å². The molecular weight excluding hydrogens is 281 g/mol. The zero-order valence-corrected chi connectivity index (χ0v) is 10.8. The molecule has 0 aliphatic rings. The van der Waals surface area contributed by atoms with Crippen LogP contribution in [-0.4, -0.2) is 10.9 Å². The Morgan fingerprint density at radius 1 is 1.05 bits per heavy atom. The summed E-state index contributed by atoms with van der Waals surface area (Å²) in [6, 6.07) is 9.50. The van der Waals surface area contributed by atoms with E-state index >= 15 is 0 Å². The van der Waals surface area contributed by atoms with E-state index in [1.807, 2.05) is 0 Å². The van der Waals surface area contributed by atoms with E-state index in [-0.39, 0.29) is 5.69 Å². The summed E-state index contributed by atoms with van der Waals surface area (Å²) in [5.41, 5.74) is 5.63. The second-order valence-electron chi connectivity index (χ2n) is 4.27. The highest BCUT2D eigenvalue weighted by molar-refractivity contribution is 5.91. The number of carbonyl (C=O) groups is 1. The van der Waals surface area contributed by atoms with Crippen LogP contribution in [0.3, 0.4) is 0 Å². The molecule has 3 nitrogen and oxygen atoms in total. The number of hydrogen-bond donors (Lipinski definition) is 1. The van der Waals surface area contributed by atoms with Gasteiger partial charge in [0, 0.05) is 0 Å². The standard InChI is InChI=1S/C15H11F3N2O/c16-15(17,18)11-7-4-10(5-8-11)6-9-12-2-1-3-13(20-12)14(19)21/h1-9H,(H2,19,21). The molecule has 1 amide bonds. The summed E-state index contributed by atoms with van der Waals surface area (Å²) in [6.45, 7) is 0. The third kappa shape index (κ3) is 3.92. The Morgan fingerprint density at radius 2 is 1.71 bits per heavy atom. The van der Waals surface area contributed by atoms with Gasteiger partial charge in [0.25, 0.3) is 5.91 Å². The lowest BCUT2D eigenvalue weighted by Gasteiger charge is -2.05. The molecule has 2 rings (SSSR count). The molecule has 0 aliphatic heterocycles. The van der Waals surface area contributed by atoms with E-state index in [4.69, 9.17) is 5.73 Å². The van der Waals surface area contributed by atoms with Gasteiger partial charge in [-0.25, -0.2) is 4.98 Å². The molecule has 0 atom stereocenters. The Labute approximate surface area is 118 Å². The fourth-order valence-corrected chi connectivity index (χ4v) is 1.65. The Bertz CT molecular complexity index is 676. The van der Waals surface area contributed by atoms with Crippen LogP contribution in [0.4, 0.5) is 13.2 Å². The van der Waals surface area contributed by atoms with Gasteiger partial charge in [0.1, 0.15) is 5.69 Å². The minimum absolute atomic E-state index is 0.129. The van der Waals surface area contributed by atoms with Crippen molar-refractivity contribution in [3.63, 3.8) is 0 Å². The average molecular weight is 292 g/mol. The normalized spacial score (nSPS) is 11.8. The van der Waals surface area contributed by atoms with Crippen molar-refractivity contribution in [3.05, 3.63) is 65.0 Å². The van der Waals surface area contributed by atoms with Crippen molar-refractivity contribution in [3.8, 4) is 0 Å². The van der Waals surface area contributed by atoms with Gasteiger partial charge in [-0.05, 0) is 35.9 Å². The van der Waals surface area contributed by atoms with Crippen LogP contribution in [0.15, 0.2) is 42.5 Å². The number of benzene rings is 1. The van der Waals surface area contributed by atoms with Crippen LogP contribution < -0.4 is 5.73 Å². The molecule has 0 radical (unpaired) electrons. The van der Waals surface area contributed by atoms with E-state index < -0.39 is 17.6 Å². The highest BCUT2D eigenvalue weighted by atomic mass is 19.4. The summed E-state index contributed by atoms with van der Waals surface area (Å²) in [6.07, 6.45) is -1.15. The molecule has 0 aliphatic carbocycles. The van der Waals surface area contributed by atoms with E-state index in [0.717, 1.165) is 12.1 Å². The number of nitrogens with zero attached hydrogens (tertiary/aromatic N) is 1. The largest absolute Gasteiger partial charge is 0.416 e. The lowest BCUT2D eigenvalue weighted by atomic mass is 10.1. The Balaban J connectivity index is 2.18. The number of pyridine rings is 1. The molecule has 6 heteroatoms. The van der Waals surface area contributed by atoms with Gasteiger partial charge in [-0.3, -0.25) is 4.79 Å². The van der Waals surface area contributed by atoms with Crippen molar-refractivity contribution in [1.82, 2.24) is 4.98 Å². The van der Waals surface area contributed by atoms with Crippen LogP contribution in [0, 0.1) is 0 Å². The number of hydrogen-bond acceptors (Lipinski definition) is 2. The first-order valence-electron chi connectivity index (χ1n) is 5.98. The zero-order chi connectivity index (χ0) is 15.5. The molecule has 2 aromatic rings. The first-order valence-corrected chi connectivity index (χ1v) is 5.98. The molecule has 108 valence electrons. The highest BCUT2D eigenvalue weighted by Crippen LogP contribution is 2.29. The van der Waals surface area contributed by atoms with Gasteiger partial charge >= 0.3 is 6.18 Å². The number of carbonyl (C=O) groups excluding carboxylic acids is 1. The third-order valence-corrected chi connectivity index (χ3v) is 2.71. The predicted octanol–water partition coefficient (Wildman–Crippen LogP) is 3.37. The molecule has 1 heterocycles. The maximum absolute atomic E-state index is 12.4. The van der Waals surface area contributed by atoms with Crippen LogP contribution >= 0.6 is 0 Å². The van der Waals surface area contributed by atoms with E-state index in [1.165, 1.54) is 18.2 Å². The topological polar surface area (TPSA) is 56.0 Å². The first-order chi connectivity index (χ1) is 9.86. The van der Waals surface area contributed by atoms with E-state index in [2.05, 4.69) is 4.98 Å². The van der Waals surface area contributed by atoms with Gasteiger partial charge in [-0.15, -0.1) is 0 Å². The van der Waals surface area contributed by atoms with Crippen LogP contribution in [0.5, 0.6) is 0 Å². The fraction of sp³-hybridized carbons (Fsp3) is 0.0667. The predicted molar refractivity (Wildman–Crippen MR) is 73.1 cm³/mol. The summed E-state index contributed by atoms with van der Waals surface area (Å²) in [4.78, 5) is 15.0. The average Bonchev–Trinajstić information content (AvgIpc) is 2.45. The number of rotatable bonds is 3. The molecule has 0 saturated carbocycles. The molecule has 1 aromatic heterocycles. The van der Waals surface area contributed by atoms with Crippen LogP contribution in [0.25, 0.3) is 12.2 Å². The first kappa shape index (κ1) is 14.8. The number of halogens is 3. The molecule has 0 fully saturated rings. The molecular formula is C15H11F3N2O. The molecule has 0 saturated heterocycles. The summed E-state index contributed by atoms with van der Waals surface area (Å²) < 4.78 is 37.3. The Kier molecular flexibility index (Phi) is 4.07. The van der Waals surface area contributed by atoms with Crippen molar-refractivity contribution in [2.45, 2.75) is 6.18 Å². The third-order valence-electron chi connectivity index (χ3n) is 2.71. The minimum atomic E-state index is -4.35. The molecule has 0 unspecified atom stereocenters. The van der Waals surface area contributed by atoms with Crippen LogP contribution in [0.2, 0.25) is 0 Å². The second kappa shape index (κ2) is 5.78. The second-order valence-corrected chi connectivity index (χ2v) is 4.27. The number of aromatic nitrogens is 1. The van der Waals surface area contributed by atoms with E-state index in [9.17, 15) is 18.0 Å². The number of amides is 1. The van der Waals surface area contributed by atoms with Gasteiger partial charge < -0.3 is 5.73 Å². The summed E-state index contributed by atoms with van der Waals surface area (Å²) in [5.74, 6) is -0.639. The lowest BCUT2D eigenvalue weighted by Crippen LogP contribution is -2.13. The van der Waals surface area contributed by atoms with Gasteiger partial charge in [0.05, 0.1) is 11.3 Å². The van der Waals surface area contributed by atoms with Crippen molar-refractivity contribution >= 4 is 18.1 Å². The fourth-order valence-electron chi connectivity index (χ4n) is 1.65. The van der Waals surface area contributed by atoms with E-state index in [0.29, 0.717) is 11.3 Å². The number of nitrogens with two attached hydrogens (primary N) is 1. The highest BCUT2D eigenvalue weighted by Gasteiger charge is 2.29. The maximum atomic E-state index is 12.4.